The van der Waals surface area contributed by atoms with Crippen LogP contribution in [0.3, 0.4) is 0 Å². The van der Waals surface area contributed by atoms with E-state index in [2.05, 4.69) is 10.6 Å². The summed E-state index contributed by atoms with van der Waals surface area (Å²) < 4.78 is 11.2. The molecule has 142 valence electrons. The third-order valence-electron chi connectivity index (χ3n) is 4.27. The van der Waals surface area contributed by atoms with Gasteiger partial charge in [0.15, 0.2) is 11.5 Å². The van der Waals surface area contributed by atoms with Gasteiger partial charge in [-0.15, -0.1) is 11.3 Å². The first-order valence-electron chi connectivity index (χ1n) is 8.77. The third-order valence-corrected chi connectivity index (χ3v) is 5.40. The molecule has 1 aromatic heterocycles. The topological polar surface area (TPSA) is 76.7 Å². The molecule has 2 aromatic carbocycles. The van der Waals surface area contributed by atoms with Gasteiger partial charge in [-0.05, 0) is 54.1 Å². The molecule has 28 heavy (non-hydrogen) atoms. The van der Waals surface area contributed by atoms with E-state index < -0.39 is 0 Å². The second-order valence-electron chi connectivity index (χ2n) is 6.14. The zero-order valence-corrected chi connectivity index (χ0v) is 16.0. The van der Waals surface area contributed by atoms with E-state index in [1.165, 1.54) is 11.3 Å². The molecule has 2 heterocycles. The van der Waals surface area contributed by atoms with Gasteiger partial charge in [-0.2, -0.15) is 0 Å². The van der Waals surface area contributed by atoms with Gasteiger partial charge < -0.3 is 20.1 Å². The molecule has 1 aliphatic rings. The maximum absolute atomic E-state index is 12.6. The molecule has 3 aromatic rings. The Bertz CT molecular complexity index is 1040. The number of hydrogen-bond acceptors (Lipinski definition) is 5. The van der Waals surface area contributed by atoms with E-state index in [1.807, 2.05) is 24.3 Å². The lowest BCUT2D eigenvalue weighted by atomic mass is 10.1. The first-order chi connectivity index (χ1) is 13.6. The minimum atomic E-state index is -0.220. The van der Waals surface area contributed by atoms with Gasteiger partial charge in [0.05, 0.1) is 4.88 Å². The number of rotatable bonds is 4. The first-order valence-corrected chi connectivity index (χ1v) is 9.59. The zero-order valence-electron chi connectivity index (χ0n) is 15.2. The van der Waals surface area contributed by atoms with Crippen molar-refractivity contribution in [2.45, 2.75) is 0 Å². The van der Waals surface area contributed by atoms with Crippen molar-refractivity contribution in [3.63, 3.8) is 0 Å². The number of carbonyl (C=O) groups is 2. The molecule has 7 heteroatoms. The van der Waals surface area contributed by atoms with E-state index >= 15 is 0 Å². The summed E-state index contributed by atoms with van der Waals surface area (Å²) in [5.41, 5.74) is 2.03. The minimum Gasteiger partial charge on any atom is -0.486 e. The molecular formula is C21H18N2O4S. The number of anilines is 1. The van der Waals surface area contributed by atoms with Crippen LogP contribution in [0.5, 0.6) is 11.5 Å². The molecule has 0 fully saturated rings. The van der Waals surface area contributed by atoms with E-state index in [-0.39, 0.29) is 11.8 Å². The maximum Gasteiger partial charge on any atom is 0.265 e. The molecule has 2 amide bonds. The Morgan fingerprint density at radius 2 is 1.75 bits per heavy atom. The molecule has 6 nitrogen and oxygen atoms in total. The fraction of sp³-hybridized carbons (Fsp3) is 0.143. The van der Waals surface area contributed by atoms with E-state index in [4.69, 9.17) is 9.47 Å². The number of thiophene rings is 1. The zero-order chi connectivity index (χ0) is 19.5. The minimum absolute atomic E-state index is 0.201. The number of ether oxygens (including phenoxy) is 2. The summed E-state index contributed by atoms with van der Waals surface area (Å²) in [4.78, 5) is 25.9. The van der Waals surface area contributed by atoms with Crippen LogP contribution in [-0.2, 0) is 0 Å². The molecule has 0 radical (unpaired) electrons. The number of fused-ring (bicyclic) bond motifs is 1. The summed E-state index contributed by atoms with van der Waals surface area (Å²) in [7, 11) is 1.57. The highest BCUT2D eigenvalue weighted by molar-refractivity contribution is 7.17. The number of benzene rings is 2. The normalized spacial score (nSPS) is 12.3. The highest BCUT2D eigenvalue weighted by Crippen LogP contribution is 2.37. The molecular weight excluding hydrogens is 376 g/mol. The molecule has 0 spiro atoms. The van der Waals surface area contributed by atoms with Crippen molar-refractivity contribution in [1.82, 2.24) is 5.32 Å². The Labute approximate surface area is 166 Å². The van der Waals surface area contributed by atoms with Crippen LogP contribution in [0.2, 0.25) is 0 Å². The quantitative estimate of drug-likeness (QED) is 0.706. The average molecular weight is 394 g/mol. The van der Waals surface area contributed by atoms with Crippen molar-refractivity contribution in [2.24, 2.45) is 0 Å². The van der Waals surface area contributed by atoms with Crippen LogP contribution in [0.1, 0.15) is 20.0 Å². The lowest BCUT2D eigenvalue weighted by Crippen LogP contribution is -2.18. The van der Waals surface area contributed by atoms with Gasteiger partial charge in [0.25, 0.3) is 11.8 Å². The SMILES string of the molecule is CNC(=O)c1cccc(NC(=O)c2ccc(-c3ccc4c(c3)OCCO4)s2)c1. The summed E-state index contributed by atoms with van der Waals surface area (Å²) in [6.07, 6.45) is 0. The van der Waals surface area contributed by atoms with Crippen molar-refractivity contribution < 1.29 is 19.1 Å². The molecule has 0 saturated heterocycles. The molecule has 2 N–H and O–H groups in total. The average Bonchev–Trinajstić information content (AvgIpc) is 3.23. The number of amides is 2. The molecule has 1 aliphatic heterocycles. The predicted octanol–water partition coefficient (Wildman–Crippen LogP) is 3.80. The standard InChI is InChI=1S/C21H18N2O4S/c1-22-20(24)14-3-2-4-15(11-14)23-21(25)19-8-7-18(28-19)13-5-6-16-17(12-13)27-10-9-26-16/h2-8,11-12H,9-10H2,1H3,(H,22,24)(H,23,25). The van der Waals surface area contributed by atoms with Crippen LogP contribution in [0, 0.1) is 0 Å². The molecule has 0 aliphatic carbocycles. The summed E-state index contributed by atoms with van der Waals surface area (Å²) >= 11 is 1.39. The maximum atomic E-state index is 12.6. The van der Waals surface area contributed by atoms with Crippen molar-refractivity contribution in [2.75, 3.05) is 25.6 Å². The first kappa shape index (κ1) is 18.1. The van der Waals surface area contributed by atoms with Gasteiger partial charge in [-0.3, -0.25) is 9.59 Å². The fourth-order valence-electron chi connectivity index (χ4n) is 2.89. The second kappa shape index (κ2) is 7.74. The van der Waals surface area contributed by atoms with Crippen LogP contribution in [0.25, 0.3) is 10.4 Å². The monoisotopic (exact) mass is 394 g/mol. The van der Waals surface area contributed by atoms with Crippen molar-refractivity contribution in [3.05, 3.63) is 65.0 Å². The van der Waals surface area contributed by atoms with Crippen molar-refractivity contribution >= 4 is 28.8 Å². The van der Waals surface area contributed by atoms with Crippen molar-refractivity contribution in [3.8, 4) is 21.9 Å². The van der Waals surface area contributed by atoms with Crippen LogP contribution in [0.15, 0.2) is 54.6 Å². The second-order valence-corrected chi connectivity index (χ2v) is 7.22. The van der Waals surface area contributed by atoms with Crippen LogP contribution < -0.4 is 20.1 Å². The van der Waals surface area contributed by atoms with E-state index in [0.29, 0.717) is 35.1 Å². The Balaban J connectivity index is 1.51. The fourth-order valence-corrected chi connectivity index (χ4v) is 3.78. The van der Waals surface area contributed by atoms with E-state index in [1.54, 1.807) is 37.4 Å². The number of hydrogen-bond donors (Lipinski definition) is 2. The largest absolute Gasteiger partial charge is 0.486 e. The lowest BCUT2D eigenvalue weighted by Gasteiger charge is -2.18. The highest BCUT2D eigenvalue weighted by Gasteiger charge is 2.15. The Hall–Kier alpha value is -3.32. The Morgan fingerprint density at radius 1 is 0.929 bits per heavy atom. The summed E-state index contributed by atoms with van der Waals surface area (Å²) in [5.74, 6) is 1.03. The van der Waals surface area contributed by atoms with E-state index in [9.17, 15) is 9.59 Å². The molecule has 0 unspecified atom stereocenters. The van der Waals surface area contributed by atoms with Gasteiger partial charge >= 0.3 is 0 Å². The predicted molar refractivity (Wildman–Crippen MR) is 109 cm³/mol. The molecule has 0 saturated carbocycles. The van der Waals surface area contributed by atoms with Gasteiger partial charge in [-0.25, -0.2) is 0 Å². The van der Waals surface area contributed by atoms with Crippen LogP contribution >= 0.6 is 11.3 Å². The number of nitrogens with one attached hydrogen (secondary N) is 2. The highest BCUT2D eigenvalue weighted by atomic mass is 32.1. The lowest BCUT2D eigenvalue weighted by molar-refractivity contribution is 0.0961. The molecule has 0 atom stereocenters. The van der Waals surface area contributed by atoms with Crippen LogP contribution in [0.4, 0.5) is 5.69 Å². The van der Waals surface area contributed by atoms with Crippen LogP contribution in [-0.4, -0.2) is 32.1 Å². The Kier molecular flexibility index (Phi) is 4.99. The van der Waals surface area contributed by atoms with Gasteiger partial charge in [0.1, 0.15) is 13.2 Å². The molecule has 0 bridgehead atoms. The smallest absolute Gasteiger partial charge is 0.265 e. The summed E-state index contributed by atoms with van der Waals surface area (Å²) in [5, 5.41) is 5.41. The van der Waals surface area contributed by atoms with Gasteiger partial charge in [0, 0.05) is 23.2 Å². The summed E-state index contributed by atoms with van der Waals surface area (Å²) in [6, 6.07) is 16.3. The van der Waals surface area contributed by atoms with Crippen molar-refractivity contribution in [1.29, 1.82) is 0 Å². The van der Waals surface area contributed by atoms with Gasteiger partial charge in [0.2, 0.25) is 0 Å². The third kappa shape index (κ3) is 3.70. The number of carbonyl (C=O) groups excluding carboxylic acids is 2. The van der Waals surface area contributed by atoms with E-state index in [0.717, 1.165) is 16.2 Å². The van der Waals surface area contributed by atoms with Gasteiger partial charge in [-0.1, -0.05) is 6.07 Å². The summed E-state index contributed by atoms with van der Waals surface area (Å²) in [6.45, 7) is 1.08. The molecule has 4 rings (SSSR count). The Morgan fingerprint density at radius 3 is 2.57 bits per heavy atom.